The maximum atomic E-state index is 5.54. The number of hydrogen-bond acceptors (Lipinski definition) is 3. The molecule has 3 nitrogen and oxygen atoms in total. The lowest BCUT2D eigenvalue weighted by Gasteiger charge is -2.27. The third-order valence-electron chi connectivity index (χ3n) is 4.80. The molecule has 2 heterocycles. The van der Waals surface area contributed by atoms with E-state index < -0.39 is 0 Å². The summed E-state index contributed by atoms with van der Waals surface area (Å²) in [6, 6.07) is 6.94. The van der Waals surface area contributed by atoms with Crippen LogP contribution in [0.3, 0.4) is 0 Å². The highest BCUT2D eigenvalue weighted by atomic mass is 16.5. The van der Waals surface area contributed by atoms with Crippen LogP contribution in [-0.2, 0) is 0 Å². The lowest BCUT2D eigenvalue weighted by Crippen LogP contribution is -2.28. The van der Waals surface area contributed by atoms with Crippen molar-refractivity contribution in [3.8, 4) is 5.75 Å². The second-order valence-corrected chi connectivity index (χ2v) is 6.05. The van der Waals surface area contributed by atoms with Gasteiger partial charge in [-0.25, -0.2) is 0 Å². The van der Waals surface area contributed by atoms with Gasteiger partial charge in [-0.2, -0.15) is 0 Å². The zero-order valence-electron chi connectivity index (χ0n) is 12.1. The Morgan fingerprint density at radius 3 is 2.58 bits per heavy atom. The van der Waals surface area contributed by atoms with Crippen LogP contribution in [0.25, 0.3) is 0 Å². The third kappa shape index (κ3) is 2.37. The molecule has 0 bridgehead atoms. The molecule has 0 aromatic heterocycles. The Morgan fingerprint density at radius 2 is 1.95 bits per heavy atom. The van der Waals surface area contributed by atoms with E-state index in [4.69, 9.17) is 4.74 Å². The highest BCUT2D eigenvalue weighted by Gasteiger charge is 2.38. The van der Waals surface area contributed by atoms with Crippen molar-refractivity contribution in [2.75, 3.05) is 33.3 Å². The van der Waals surface area contributed by atoms with Crippen molar-refractivity contribution in [3.63, 3.8) is 0 Å². The van der Waals surface area contributed by atoms with Crippen molar-refractivity contribution in [1.29, 1.82) is 0 Å². The number of rotatable bonds is 3. The molecule has 3 rings (SSSR count). The predicted molar refractivity (Wildman–Crippen MR) is 77.6 cm³/mol. The van der Waals surface area contributed by atoms with Crippen LogP contribution in [-0.4, -0.2) is 38.2 Å². The highest BCUT2D eigenvalue weighted by molar-refractivity contribution is 5.39. The topological polar surface area (TPSA) is 24.5 Å². The van der Waals surface area contributed by atoms with E-state index in [-0.39, 0.29) is 0 Å². The number of hydrogen-bond donors (Lipinski definition) is 1. The quantitative estimate of drug-likeness (QED) is 0.902. The molecule has 1 unspecified atom stereocenters. The normalized spacial score (nSPS) is 28.4. The summed E-state index contributed by atoms with van der Waals surface area (Å²) in [4.78, 5) is 2.62. The van der Waals surface area contributed by atoms with Crippen molar-refractivity contribution >= 4 is 0 Å². The molecule has 2 saturated heterocycles. The molecule has 19 heavy (non-hydrogen) atoms. The first-order chi connectivity index (χ1) is 9.19. The Labute approximate surface area is 115 Å². The number of ether oxygens (including phenoxy) is 1. The van der Waals surface area contributed by atoms with Crippen LogP contribution < -0.4 is 10.1 Å². The Kier molecular flexibility index (Phi) is 3.50. The van der Waals surface area contributed by atoms with E-state index in [1.54, 1.807) is 7.11 Å². The number of nitrogens with zero attached hydrogens (tertiary/aromatic N) is 1. The Balaban J connectivity index is 1.80. The molecule has 104 valence electrons. The minimum absolute atomic E-state index is 0.445. The second kappa shape index (κ2) is 5.14. The van der Waals surface area contributed by atoms with E-state index in [9.17, 15) is 0 Å². The summed E-state index contributed by atoms with van der Waals surface area (Å²) in [6.45, 7) is 9.29. The summed E-state index contributed by atoms with van der Waals surface area (Å²) in [7, 11) is 1.77. The van der Waals surface area contributed by atoms with Gasteiger partial charge in [0.2, 0.25) is 0 Å². The van der Waals surface area contributed by atoms with Gasteiger partial charge in [0.15, 0.2) is 0 Å². The molecular weight excluding hydrogens is 236 g/mol. The number of aryl methyl sites for hydroxylation is 1. The summed E-state index contributed by atoms with van der Waals surface area (Å²) >= 11 is 0. The minimum atomic E-state index is 0.445. The first kappa shape index (κ1) is 12.9. The predicted octanol–water partition coefficient (Wildman–Crippen LogP) is 2.22. The summed E-state index contributed by atoms with van der Waals surface area (Å²) in [5.41, 5.74) is 2.64. The van der Waals surface area contributed by atoms with Crippen molar-refractivity contribution in [3.05, 3.63) is 29.3 Å². The van der Waals surface area contributed by atoms with Crippen molar-refractivity contribution in [2.24, 2.45) is 11.8 Å². The zero-order valence-corrected chi connectivity index (χ0v) is 12.1. The van der Waals surface area contributed by atoms with Gasteiger partial charge in [0, 0.05) is 24.7 Å². The van der Waals surface area contributed by atoms with Crippen LogP contribution in [0.1, 0.15) is 24.1 Å². The van der Waals surface area contributed by atoms with Gasteiger partial charge in [-0.1, -0.05) is 17.7 Å². The molecule has 2 aliphatic heterocycles. The highest BCUT2D eigenvalue weighted by Crippen LogP contribution is 2.36. The monoisotopic (exact) mass is 260 g/mol. The van der Waals surface area contributed by atoms with Gasteiger partial charge in [-0.05, 0) is 44.8 Å². The van der Waals surface area contributed by atoms with Crippen LogP contribution in [0, 0.1) is 18.8 Å². The third-order valence-corrected chi connectivity index (χ3v) is 4.80. The molecule has 0 amide bonds. The molecule has 2 fully saturated rings. The zero-order chi connectivity index (χ0) is 13.4. The summed E-state index contributed by atoms with van der Waals surface area (Å²) in [6.07, 6.45) is 0. The summed E-state index contributed by atoms with van der Waals surface area (Å²) in [5, 5.41) is 3.50. The van der Waals surface area contributed by atoms with E-state index in [0.717, 1.165) is 17.6 Å². The van der Waals surface area contributed by atoms with Crippen LogP contribution in [0.15, 0.2) is 18.2 Å². The fraction of sp³-hybridized carbons (Fsp3) is 0.625. The van der Waals surface area contributed by atoms with Crippen LogP contribution >= 0.6 is 0 Å². The molecule has 0 radical (unpaired) electrons. The second-order valence-electron chi connectivity index (χ2n) is 6.05. The number of nitrogens with one attached hydrogen (secondary N) is 1. The number of fused-ring (bicyclic) bond motifs is 1. The number of likely N-dealkylation sites (tertiary alicyclic amines) is 1. The SMILES string of the molecule is COc1ccc(C)cc1C(C)N1C[C@H]2CNC[C@H]2C1. The Hall–Kier alpha value is -1.06. The summed E-state index contributed by atoms with van der Waals surface area (Å²) < 4.78 is 5.54. The molecule has 1 aromatic rings. The van der Waals surface area contributed by atoms with E-state index in [1.165, 1.54) is 37.3 Å². The molecular formula is C16H24N2O. The largest absolute Gasteiger partial charge is 0.496 e. The lowest BCUT2D eigenvalue weighted by atomic mass is 10.0. The van der Waals surface area contributed by atoms with Gasteiger partial charge in [0.1, 0.15) is 5.75 Å². The van der Waals surface area contributed by atoms with Gasteiger partial charge in [-0.15, -0.1) is 0 Å². The molecule has 0 aliphatic carbocycles. The molecule has 1 aromatic carbocycles. The van der Waals surface area contributed by atoms with Crippen LogP contribution in [0.2, 0.25) is 0 Å². The van der Waals surface area contributed by atoms with Crippen LogP contribution in [0.5, 0.6) is 5.75 Å². The van der Waals surface area contributed by atoms with Crippen molar-refractivity contribution in [2.45, 2.75) is 19.9 Å². The average molecular weight is 260 g/mol. The molecule has 2 aliphatic rings. The lowest BCUT2D eigenvalue weighted by molar-refractivity contribution is 0.238. The maximum absolute atomic E-state index is 5.54. The molecule has 3 heteroatoms. The first-order valence-electron chi connectivity index (χ1n) is 7.28. The van der Waals surface area contributed by atoms with E-state index in [0.29, 0.717) is 6.04 Å². The number of benzene rings is 1. The minimum Gasteiger partial charge on any atom is -0.496 e. The molecule has 0 saturated carbocycles. The molecule has 1 N–H and O–H groups in total. The fourth-order valence-corrected chi connectivity index (χ4v) is 3.58. The number of methoxy groups -OCH3 is 1. The van der Waals surface area contributed by atoms with Gasteiger partial charge >= 0.3 is 0 Å². The van der Waals surface area contributed by atoms with E-state index in [2.05, 4.69) is 42.3 Å². The molecule has 3 atom stereocenters. The molecule has 0 spiro atoms. The van der Waals surface area contributed by atoms with Gasteiger partial charge in [0.25, 0.3) is 0 Å². The first-order valence-corrected chi connectivity index (χ1v) is 7.28. The average Bonchev–Trinajstić information content (AvgIpc) is 2.98. The maximum Gasteiger partial charge on any atom is 0.123 e. The van der Waals surface area contributed by atoms with Crippen molar-refractivity contribution in [1.82, 2.24) is 10.2 Å². The Bertz CT molecular complexity index is 448. The van der Waals surface area contributed by atoms with Gasteiger partial charge in [0.05, 0.1) is 7.11 Å². The van der Waals surface area contributed by atoms with Gasteiger partial charge < -0.3 is 10.1 Å². The van der Waals surface area contributed by atoms with Crippen molar-refractivity contribution < 1.29 is 4.74 Å². The van der Waals surface area contributed by atoms with Gasteiger partial charge in [-0.3, -0.25) is 4.90 Å². The van der Waals surface area contributed by atoms with E-state index in [1.807, 2.05) is 0 Å². The Morgan fingerprint density at radius 1 is 1.26 bits per heavy atom. The fourth-order valence-electron chi connectivity index (χ4n) is 3.58. The van der Waals surface area contributed by atoms with Crippen LogP contribution in [0.4, 0.5) is 0 Å². The smallest absolute Gasteiger partial charge is 0.123 e. The van der Waals surface area contributed by atoms with E-state index >= 15 is 0 Å². The summed E-state index contributed by atoms with van der Waals surface area (Å²) in [5.74, 6) is 2.71. The standard InChI is InChI=1S/C16H24N2O/c1-11-4-5-16(19-3)15(6-11)12(2)18-9-13-7-17-8-14(13)10-18/h4-6,12-14,17H,7-10H2,1-3H3/t12?,13-,14+.